The summed E-state index contributed by atoms with van der Waals surface area (Å²) in [5.41, 5.74) is 3.83. The van der Waals surface area contributed by atoms with E-state index in [-0.39, 0.29) is 0 Å². The lowest BCUT2D eigenvalue weighted by Crippen LogP contribution is -2.42. The lowest BCUT2D eigenvalue weighted by atomic mass is 9.96. The zero-order valence-electron chi connectivity index (χ0n) is 17.3. The first-order chi connectivity index (χ1) is 14.8. The van der Waals surface area contributed by atoms with Crippen molar-refractivity contribution in [2.24, 2.45) is 4.99 Å². The Morgan fingerprint density at radius 1 is 1.03 bits per heavy atom. The van der Waals surface area contributed by atoms with E-state index < -0.39 is 0 Å². The van der Waals surface area contributed by atoms with Gasteiger partial charge in [-0.15, -0.1) is 0 Å². The monoisotopic (exact) mass is 399 g/mol. The van der Waals surface area contributed by atoms with Crippen molar-refractivity contribution in [1.82, 2.24) is 15.2 Å². The van der Waals surface area contributed by atoms with Gasteiger partial charge in [-0.1, -0.05) is 67.8 Å². The van der Waals surface area contributed by atoms with E-state index in [2.05, 4.69) is 81.0 Å². The van der Waals surface area contributed by atoms with Crippen molar-refractivity contribution in [3.05, 3.63) is 71.9 Å². The van der Waals surface area contributed by atoms with Crippen molar-refractivity contribution in [1.29, 1.82) is 5.26 Å². The Kier molecular flexibility index (Phi) is 6.66. The van der Waals surface area contributed by atoms with E-state index in [9.17, 15) is 0 Å². The number of rotatable bonds is 6. The topological polar surface area (TPSA) is 65.1 Å². The van der Waals surface area contributed by atoms with Gasteiger partial charge in [0.2, 0.25) is 5.96 Å². The summed E-state index contributed by atoms with van der Waals surface area (Å²) in [5.74, 6) is 0.609. The second-order valence-electron chi connectivity index (χ2n) is 7.98. The van der Waals surface area contributed by atoms with Gasteiger partial charge in [0.05, 0.1) is 0 Å². The summed E-state index contributed by atoms with van der Waals surface area (Å²) >= 11 is 0. The van der Waals surface area contributed by atoms with Gasteiger partial charge in [-0.2, -0.15) is 5.26 Å². The Morgan fingerprint density at radius 2 is 1.80 bits per heavy atom. The average Bonchev–Trinajstić information content (AvgIpc) is 3.13. The molecule has 1 aromatic heterocycles. The molecule has 1 saturated carbocycles. The van der Waals surface area contributed by atoms with Gasteiger partial charge in [-0.25, -0.2) is 0 Å². The number of guanidine groups is 1. The van der Waals surface area contributed by atoms with Gasteiger partial charge in [-0.3, -0.25) is 10.3 Å². The summed E-state index contributed by atoms with van der Waals surface area (Å²) in [4.78, 5) is 4.67. The maximum absolute atomic E-state index is 9.08. The molecule has 5 nitrogen and oxygen atoms in total. The Bertz CT molecular complexity index is 1020. The molecule has 4 rings (SSSR count). The van der Waals surface area contributed by atoms with Crippen LogP contribution in [0.15, 0.2) is 65.8 Å². The Hall–Kier alpha value is -3.26. The van der Waals surface area contributed by atoms with Crippen LogP contribution in [-0.2, 0) is 13.0 Å². The maximum Gasteiger partial charge on any atom is 0.204 e. The summed E-state index contributed by atoms with van der Waals surface area (Å²) in [7, 11) is 0. The number of para-hydroxylation sites is 1. The van der Waals surface area contributed by atoms with Crippen LogP contribution in [0.3, 0.4) is 0 Å². The van der Waals surface area contributed by atoms with E-state index in [0.717, 1.165) is 25.8 Å². The molecule has 0 bridgehead atoms. The summed E-state index contributed by atoms with van der Waals surface area (Å²) < 4.78 is 2.32. The minimum absolute atomic E-state index is 0.422. The van der Waals surface area contributed by atoms with Crippen molar-refractivity contribution in [3.8, 4) is 6.19 Å². The fourth-order valence-electron chi connectivity index (χ4n) is 4.34. The Balaban J connectivity index is 1.47. The van der Waals surface area contributed by atoms with Crippen molar-refractivity contribution < 1.29 is 0 Å². The highest BCUT2D eigenvalue weighted by Crippen LogP contribution is 2.23. The maximum atomic E-state index is 9.08. The van der Waals surface area contributed by atoms with E-state index in [1.54, 1.807) is 0 Å². The number of hydrogen-bond donors (Lipinski definition) is 2. The smallest absolute Gasteiger partial charge is 0.204 e. The molecule has 0 atom stereocenters. The third-order valence-corrected chi connectivity index (χ3v) is 5.84. The summed E-state index contributed by atoms with van der Waals surface area (Å²) in [6, 6.07) is 19.5. The molecular formula is C25H29N5. The number of nitrogens with zero attached hydrogens (tertiary/aromatic N) is 3. The third-order valence-electron chi connectivity index (χ3n) is 5.84. The summed E-state index contributed by atoms with van der Waals surface area (Å²) in [6.07, 6.45) is 11.2. The van der Waals surface area contributed by atoms with Crippen molar-refractivity contribution in [2.45, 2.75) is 51.1 Å². The molecule has 30 heavy (non-hydrogen) atoms. The molecule has 0 unspecified atom stereocenters. The van der Waals surface area contributed by atoms with Gasteiger partial charge in [-0.05, 0) is 36.5 Å². The zero-order chi connectivity index (χ0) is 20.6. The zero-order valence-corrected chi connectivity index (χ0v) is 17.3. The van der Waals surface area contributed by atoms with Gasteiger partial charge < -0.3 is 9.88 Å². The lowest BCUT2D eigenvalue weighted by Gasteiger charge is -2.23. The normalized spacial score (nSPS) is 15.1. The molecule has 0 amide bonds. The molecule has 1 fully saturated rings. The van der Waals surface area contributed by atoms with Crippen molar-refractivity contribution in [3.63, 3.8) is 0 Å². The fraction of sp³-hybridized carbons (Fsp3) is 0.360. The van der Waals surface area contributed by atoms with E-state index in [4.69, 9.17) is 5.26 Å². The van der Waals surface area contributed by atoms with Crippen LogP contribution in [0.2, 0.25) is 0 Å². The van der Waals surface area contributed by atoms with E-state index >= 15 is 0 Å². The van der Waals surface area contributed by atoms with Crippen molar-refractivity contribution in [2.75, 3.05) is 6.54 Å². The van der Waals surface area contributed by atoms with E-state index in [0.29, 0.717) is 18.5 Å². The van der Waals surface area contributed by atoms with Crippen LogP contribution in [0.1, 0.15) is 43.2 Å². The van der Waals surface area contributed by atoms with Gasteiger partial charge >= 0.3 is 0 Å². The minimum Gasteiger partial charge on any atom is -0.353 e. The predicted octanol–water partition coefficient (Wildman–Crippen LogP) is 4.58. The van der Waals surface area contributed by atoms with Gasteiger partial charge in [0.25, 0.3) is 0 Å². The SMILES string of the molecule is N#CNC(=NCCc1cn(Cc2ccccc2)c2ccccc12)NC1CCCCC1. The third kappa shape index (κ3) is 5.01. The standard InChI is InChI=1S/C25H29N5/c26-19-28-25(29-22-11-5-2-6-12-22)27-16-15-21-18-30(17-20-9-3-1-4-10-20)24-14-8-7-13-23(21)24/h1,3-4,7-10,13-14,18,22H,2,5-6,11-12,15-17H2,(H2,27,28,29). The number of hydrogen-bond acceptors (Lipinski definition) is 2. The van der Waals surface area contributed by atoms with Gasteiger partial charge in [0.1, 0.15) is 0 Å². The van der Waals surface area contributed by atoms with Crippen LogP contribution in [0.4, 0.5) is 0 Å². The molecule has 0 aliphatic heterocycles. The van der Waals surface area contributed by atoms with Crippen LogP contribution in [0.5, 0.6) is 0 Å². The summed E-state index contributed by atoms with van der Waals surface area (Å²) in [5, 5.41) is 16.5. The van der Waals surface area contributed by atoms with Crippen LogP contribution < -0.4 is 10.6 Å². The fourth-order valence-corrected chi connectivity index (χ4v) is 4.34. The predicted molar refractivity (Wildman–Crippen MR) is 122 cm³/mol. The molecular weight excluding hydrogens is 370 g/mol. The van der Waals surface area contributed by atoms with Gasteiger partial charge in [0, 0.05) is 36.2 Å². The molecule has 2 aromatic carbocycles. The quantitative estimate of drug-likeness (QED) is 0.276. The van der Waals surface area contributed by atoms with E-state index in [1.165, 1.54) is 41.3 Å². The number of nitrogens with one attached hydrogen (secondary N) is 2. The molecule has 0 saturated heterocycles. The molecule has 1 aliphatic carbocycles. The first kappa shape index (κ1) is 20.0. The average molecular weight is 400 g/mol. The summed E-state index contributed by atoms with van der Waals surface area (Å²) in [6.45, 7) is 1.50. The highest BCUT2D eigenvalue weighted by Gasteiger charge is 2.14. The van der Waals surface area contributed by atoms with Crippen LogP contribution in [0.25, 0.3) is 10.9 Å². The van der Waals surface area contributed by atoms with E-state index in [1.807, 2.05) is 6.19 Å². The second kappa shape index (κ2) is 9.98. The second-order valence-corrected chi connectivity index (χ2v) is 7.98. The van der Waals surface area contributed by atoms with Crippen molar-refractivity contribution >= 4 is 16.9 Å². The number of benzene rings is 2. The molecule has 154 valence electrons. The molecule has 5 heteroatoms. The van der Waals surface area contributed by atoms with Crippen LogP contribution in [0, 0.1) is 11.5 Å². The lowest BCUT2D eigenvalue weighted by molar-refractivity contribution is 0.411. The first-order valence-electron chi connectivity index (χ1n) is 10.9. The first-order valence-corrected chi connectivity index (χ1v) is 10.9. The molecule has 1 heterocycles. The number of aromatic nitrogens is 1. The Morgan fingerprint density at radius 3 is 2.60 bits per heavy atom. The molecule has 2 N–H and O–H groups in total. The van der Waals surface area contributed by atoms with Crippen LogP contribution in [-0.4, -0.2) is 23.1 Å². The minimum atomic E-state index is 0.422. The van der Waals surface area contributed by atoms with Gasteiger partial charge in [0.15, 0.2) is 6.19 Å². The number of fused-ring (bicyclic) bond motifs is 1. The number of aliphatic imine (C=N–C) groups is 1. The highest BCUT2D eigenvalue weighted by molar-refractivity contribution is 5.84. The number of nitriles is 1. The molecule has 0 spiro atoms. The van der Waals surface area contributed by atoms with Crippen LogP contribution >= 0.6 is 0 Å². The highest BCUT2D eigenvalue weighted by atomic mass is 15.2. The largest absolute Gasteiger partial charge is 0.353 e. The Labute approximate surface area is 178 Å². The molecule has 0 radical (unpaired) electrons. The molecule has 1 aliphatic rings. The molecule has 3 aromatic rings.